The van der Waals surface area contributed by atoms with E-state index in [1.807, 2.05) is 0 Å². The number of nitrogens with zero attached hydrogens (tertiary/aromatic N) is 1. The van der Waals surface area contributed by atoms with E-state index in [4.69, 9.17) is 5.73 Å². The highest BCUT2D eigenvalue weighted by molar-refractivity contribution is 4.94. The lowest BCUT2D eigenvalue weighted by molar-refractivity contribution is 0.0833. The van der Waals surface area contributed by atoms with E-state index >= 15 is 0 Å². The summed E-state index contributed by atoms with van der Waals surface area (Å²) in [6.45, 7) is 0.891. The van der Waals surface area contributed by atoms with Crippen molar-refractivity contribution in [3.05, 3.63) is 0 Å². The lowest BCUT2D eigenvalue weighted by atomic mass is 9.78. The fraction of sp³-hybridized carbons (Fsp3) is 1.00. The van der Waals surface area contributed by atoms with Gasteiger partial charge in [-0.2, -0.15) is 0 Å². The lowest BCUT2D eigenvalue weighted by Crippen LogP contribution is -2.48. The summed E-state index contributed by atoms with van der Waals surface area (Å²) < 4.78 is 0. The molecule has 2 nitrogen and oxygen atoms in total. The average molecular weight is 154 g/mol. The third-order valence-corrected chi connectivity index (χ3v) is 3.33. The van der Waals surface area contributed by atoms with Crippen molar-refractivity contribution in [1.82, 2.24) is 4.90 Å². The predicted octanol–water partition coefficient (Wildman–Crippen LogP) is 0.818. The third-order valence-electron chi connectivity index (χ3n) is 3.33. The number of hydrogen-bond donors (Lipinski definition) is 1. The summed E-state index contributed by atoms with van der Waals surface area (Å²) in [5, 5.41) is 0. The Morgan fingerprint density at radius 2 is 2.00 bits per heavy atom. The first-order valence-corrected chi connectivity index (χ1v) is 4.75. The van der Waals surface area contributed by atoms with Gasteiger partial charge in [-0.05, 0) is 45.2 Å². The molecule has 2 unspecified atom stereocenters. The van der Waals surface area contributed by atoms with Crippen LogP contribution in [0.15, 0.2) is 0 Å². The van der Waals surface area contributed by atoms with Crippen molar-refractivity contribution in [2.45, 2.75) is 37.8 Å². The molecule has 2 heteroatoms. The van der Waals surface area contributed by atoms with Crippen LogP contribution in [-0.2, 0) is 0 Å². The monoisotopic (exact) mass is 154 g/mol. The fourth-order valence-corrected chi connectivity index (χ4v) is 2.12. The topological polar surface area (TPSA) is 29.3 Å². The zero-order chi connectivity index (χ0) is 7.84. The minimum Gasteiger partial charge on any atom is -0.330 e. The summed E-state index contributed by atoms with van der Waals surface area (Å²) in [4.78, 5) is 2.56. The van der Waals surface area contributed by atoms with Gasteiger partial charge in [-0.1, -0.05) is 0 Å². The Morgan fingerprint density at radius 3 is 2.36 bits per heavy atom. The molecule has 0 bridgehead atoms. The minimum absolute atomic E-state index is 0.806. The zero-order valence-corrected chi connectivity index (χ0v) is 7.29. The molecule has 2 fully saturated rings. The molecule has 2 aliphatic carbocycles. The summed E-state index contributed by atoms with van der Waals surface area (Å²) in [6, 6.07) is 1.74. The van der Waals surface area contributed by atoms with Crippen molar-refractivity contribution in [3.63, 3.8) is 0 Å². The molecule has 0 amide bonds. The van der Waals surface area contributed by atoms with Crippen molar-refractivity contribution < 1.29 is 0 Å². The molecule has 11 heavy (non-hydrogen) atoms. The van der Waals surface area contributed by atoms with Gasteiger partial charge in [0.25, 0.3) is 0 Å². The first-order valence-electron chi connectivity index (χ1n) is 4.75. The van der Waals surface area contributed by atoms with E-state index in [-0.39, 0.29) is 0 Å². The highest BCUT2D eigenvalue weighted by Crippen LogP contribution is 2.37. The molecule has 0 heterocycles. The van der Waals surface area contributed by atoms with Gasteiger partial charge in [0, 0.05) is 12.1 Å². The summed E-state index contributed by atoms with van der Waals surface area (Å²) in [5.74, 6) is 0.806. The van der Waals surface area contributed by atoms with Gasteiger partial charge >= 0.3 is 0 Å². The van der Waals surface area contributed by atoms with Crippen LogP contribution in [0.5, 0.6) is 0 Å². The molecule has 0 aromatic rings. The predicted molar refractivity (Wildman–Crippen MR) is 46.4 cm³/mol. The Bertz CT molecular complexity index is 140. The van der Waals surface area contributed by atoms with Gasteiger partial charge in [-0.15, -0.1) is 0 Å². The van der Waals surface area contributed by atoms with Gasteiger partial charge in [0.1, 0.15) is 0 Å². The Morgan fingerprint density at radius 1 is 1.27 bits per heavy atom. The van der Waals surface area contributed by atoms with E-state index in [1.54, 1.807) is 0 Å². The summed E-state index contributed by atoms with van der Waals surface area (Å²) in [6.07, 6.45) is 5.58. The van der Waals surface area contributed by atoms with Crippen molar-refractivity contribution in [1.29, 1.82) is 0 Å². The molecule has 64 valence electrons. The molecule has 0 radical (unpaired) electrons. The second-order valence-electron chi connectivity index (χ2n) is 4.04. The number of rotatable bonds is 3. The molecule has 2 saturated carbocycles. The number of hydrogen-bond acceptors (Lipinski definition) is 2. The highest BCUT2D eigenvalue weighted by atomic mass is 15.2. The summed E-state index contributed by atoms with van der Waals surface area (Å²) in [7, 11) is 2.27. The SMILES string of the molecule is CN(C1CC1)C1CCC1CN. The first-order chi connectivity index (χ1) is 5.33. The largest absolute Gasteiger partial charge is 0.330 e. The van der Waals surface area contributed by atoms with Crippen LogP contribution in [0.3, 0.4) is 0 Å². The molecule has 2 rings (SSSR count). The van der Waals surface area contributed by atoms with Gasteiger partial charge in [0.15, 0.2) is 0 Å². The van der Waals surface area contributed by atoms with Crippen LogP contribution < -0.4 is 5.73 Å². The third kappa shape index (κ3) is 1.30. The standard InChI is InChI=1S/C9H18N2/c1-11(8-3-4-8)9-5-2-7(9)6-10/h7-9H,2-6,10H2,1H3. The Labute approximate surface area is 68.7 Å². The second-order valence-corrected chi connectivity index (χ2v) is 4.04. The van der Waals surface area contributed by atoms with E-state index < -0.39 is 0 Å². The molecular formula is C9H18N2. The van der Waals surface area contributed by atoms with Crippen LogP contribution in [-0.4, -0.2) is 30.6 Å². The molecule has 0 spiro atoms. The molecule has 2 aliphatic rings. The van der Waals surface area contributed by atoms with E-state index in [0.29, 0.717) is 0 Å². The van der Waals surface area contributed by atoms with Crippen LogP contribution in [0.25, 0.3) is 0 Å². The second kappa shape index (κ2) is 2.76. The molecule has 0 aromatic heterocycles. The molecule has 0 aromatic carbocycles. The van der Waals surface area contributed by atoms with Crippen LogP contribution >= 0.6 is 0 Å². The smallest absolute Gasteiger partial charge is 0.0136 e. The van der Waals surface area contributed by atoms with Gasteiger partial charge < -0.3 is 10.6 Å². The molecule has 0 aliphatic heterocycles. The van der Waals surface area contributed by atoms with Crippen LogP contribution in [0.1, 0.15) is 25.7 Å². The van der Waals surface area contributed by atoms with E-state index in [1.165, 1.54) is 25.7 Å². The van der Waals surface area contributed by atoms with Crippen LogP contribution in [0, 0.1) is 5.92 Å². The zero-order valence-electron chi connectivity index (χ0n) is 7.29. The van der Waals surface area contributed by atoms with Gasteiger partial charge in [0.2, 0.25) is 0 Å². The van der Waals surface area contributed by atoms with Gasteiger partial charge in [-0.25, -0.2) is 0 Å². The van der Waals surface area contributed by atoms with Gasteiger partial charge in [-0.3, -0.25) is 0 Å². The summed E-state index contributed by atoms with van der Waals surface area (Å²) >= 11 is 0. The van der Waals surface area contributed by atoms with Crippen molar-refractivity contribution in [2.75, 3.05) is 13.6 Å². The van der Waals surface area contributed by atoms with Crippen molar-refractivity contribution >= 4 is 0 Å². The van der Waals surface area contributed by atoms with Crippen molar-refractivity contribution in [3.8, 4) is 0 Å². The van der Waals surface area contributed by atoms with Crippen LogP contribution in [0.2, 0.25) is 0 Å². The maximum absolute atomic E-state index is 5.66. The summed E-state index contributed by atoms with van der Waals surface area (Å²) in [5.41, 5.74) is 5.66. The van der Waals surface area contributed by atoms with Gasteiger partial charge in [0.05, 0.1) is 0 Å². The maximum Gasteiger partial charge on any atom is 0.0136 e. The minimum atomic E-state index is 0.806. The molecule has 2 atom stereocenters. The van der Waals surface area contributed by atoms with Crippen molar-refractivity contribution in [2.24, 2.45) is 11.7 Å². The lowest BCUT2D eigenvalue weighted by Gasteiger charge is -2.42. The van der Waals surface area contributed by atoms with Crippen LogP contribution in [0.4, 0.5) is 0 Å². The average Bonchev–Trinajstić information content (AvgIpc) is 2.66. The highest BCUT2D eigenvalue weighted by Gasteiger charge is 2.38. The Kier molecular flexibility index (Phi) is 1.90. The normalized spacial score (nSPS) is 37.4. The Balaban J connectivity index is 1.83. The number of nitrogens with two attached hydrogens (primary N) is 1. The molecular weight excluding hydrogens is 136 g/mol. The molecule has 2 N–H and O–H groups in total. The first kappa shape index (κ1) is 7.56. The van der Waals surface area contributed by atoms with E-state index in [9.17, 15) is 0 Å². The van der Waals surface area contributed by atoms with E-state index in [2.05, 4.69) is 11.9 Å². The maximum atomic E-state index is 5.66. The molecule has 0 saturated heterocycles. The Hall–Kier alpha value is -0.0800. The fourth-order valence-electron chi connectivity index (χ4n) is 2.12. The quantitative estimate of drug-likeness (QED) is 0.652. The van der Waals surface area contributed by atoms with E-state index in [0.717, 1.165) is 24.5 Å².